The van der Waals surface area contributed by atoms with Gasteiger partial charge < -0.3 is 9.73 Å². The normalized spacial score (nSPS) is 12.2. The van der Waals surface area contributed by atoms with E-state index in [0.717, 1.165) is 4.88 Å². The van der Waals surface area contributed by atoms with E-state index in [1.165, 1.54) is 11.8 Å². The summed E-state index contributed by atoms with van der Waals surface area (Å²) in [7, 11) is 0. The van der Waals surface area contributed by atoms with Gasteiger partial charge in [-0.05, 0) is 37.4 Å². The molecule has 126 valence electrons. The van der Waals surface area contributed by atoms with Crippen LogP contribution in [0.2, 0.25) is 0 Å². The molecule has 0 spiro atoms. The second kappa shape index (κ2) is 7.67. The minimum Gasteiger partial charge on any atom is -0.461 e. The number of nitrogens with zero attached hydrogens (tertiary/aromatic N) is 3. The van der Waals surface area contributed by atoms with Gasteiger partial charge >= 0.3 is 0 Å². The number of carbonyl (C=O) groups is 1. The Labute approximate surface area is 148 Å². The number of carbonyl (C=O) groups excluding carboxylic acids is 1. The molecule has 0 aliphatic carbocycles. The van der Waals surface area contributed by atoms with E-state index in [-0.39, 0.29) is 11.9 Å². The van der Waals surface area contributed by atoms with Crippen LogP contribution in [0.5, 0.6) is 0 Å². The van der Waals surface area contributed by atoms with Crippen molar-refractivity contribution >= 4 is 29.0 Å². The lowest BCUT2D eigenvalue weighted by Gasteiger charge is -2.12. The van der Waals surface area contributed by atoms with Crippen molar-refractivity contribution < 1.29 is 9.21 Å². The summed E-state index contributed by atoms with van der Waals surface area (Å²) in [6, 6.07) is 7.68. The average Bonchev–Trinajstić information content (AvgIpc) is 3.33. The summed E-state index contributed by atoms with van der Waals surface area (Å²) in [5, 5.41) is 14.1. The molecule has 0 saturated carbocycles. The summed E-state index contributed by atoms with van der Waals surface area (Å²) in [5.74, 6) is 1.63. The van der Waals surface area contributed by atoms with E-state index in [0.29, 0.717) is 29.0 Å². The van der Waals surface area contributed by atoms with Gasteiger partial charge in [0, 0.05) is 11.4 Å². The molecule has 3 aromatic rings. The predicted octanol–water partition coefficient (Wildman–Crippen LogP) is 3.59. The Morgan fingerprint density at radius 3 is 2.96 bits per heavy atom. The topological polar surface area (TPSA) is 73.0 Å². The number of rotatable bonds is 7. The Hall–Kier alpha value is -2.06. The molecule has 24 heavy (non-hydrogen) atoms. The largest absolute Gasteiger partial charge is 0.461 e. The molecule has 3 aromatic heterocycles. The Morgan fingerprint density at radius 2 is 2.29 bits per heavy atom. The number of furan rings is 1. The first-order valence-electron chi connectivity index (χ1n) is 7.61. The second-order valence-corrected chi connectivity index (χ2v) is 7.04. The van der Waals surface area contributed by atoms with Crippen molar-refractivity contribution in [3.63, 3.8) is 0 Å². The minimum absolute atomic E-state index is 0.0147. The van der Waals surface area contributed by atoms with Gasteiger partial charge in [-0.1, -0.05) is 17.8 Å². The van der Waals surface area contributed by atoms with E-state index in [1.54, 1.807) is 17.6 Å². The number of hydrogen-bond acceptors (Lipinski definition) is 6. The zero-order valence-electron chi connectivity index (χ0n) is 13.4. The molecule has 0 aromatic carbocycles. The summed E-state index contributed by atoms with van der Waals surface area (Å²) >= 11 is 3.01. The van der Waals surface area contributed by atoms with Gasteiger partial charge in [0.15, 0.2) is 16.7 Å². The molecule has 0 fully saturated rings. The molecule has 0 aliphatic rings. The third kappa shape index (κ3) is 3.70. The molecule has 8 heteroatoms. The van der Waals surface area contributed by atoms with E-state index in [9.17, 15) is 4.79 Å². The van der Waals surface area contributed by atoms with Crippen LogP contribution in [0.25, 0.3) is 11.6 Å². The summed E-state index contributed by atoms with van der Waals surface area (Å²) in [6.07, 6.45) is 1.61. The molecule has 3 heterocycles. The highest BCUT2D eigenvalue weighted by molar-refractivity contribution is 7.99. The van der Waals surface area contributed by atoms with Crippen molar-refractivity contribution in [1.82, 2.24) is 20.1 Å². The summed E-state index contributed by atoms with van der Waals surface area (Å²) in [4.78, 5) is 13.3. The quantitative estimate of drug-likeness (QED) is 0.650. The van der Waals surface area contributed by atoms with Crippen LogP contribution in [-0.2, 0) is 11.3 Å². The lowest BCUT2D eigenvalue weighted by molar-refractivity contribution is -0.119. The van der Waals surface area contributed by atoms with Crippen molar-refractivity contribution in [2.75, 3.05) is 5.75 Å². The molecule has 1 unspecified atom stereocenters. The third-order valence-electron chi connectivity index (χ3n) is 3.45. The zero-order chi connectivity index (χ0) is 16.9. The van der Waals surface area contributed by atoms with Gasteiger partial charge in [0.25, 0.3) is 0 Å². The van der Waals surface area contributed by atoms with Crippen molar-refractivity contribution in [1.29, 1.82) is 0 Å². The molecule has 0 bridgehead atoms. The molecule has 0 radical (unpaired) electrons. The van der Waals surface area contributed by atoms with E-state index >= 15 is 0 Å². The van der Waals surface area contributed by atoms with Gasteiger partial charge in [0.1, 0.15) is 0 Å². The maximum atomic E-state index is 12.2. The first-order valence-corrected chi connectivity index (χ1v) is 9.48. The number of amides is 1. The number of nitrogens with one attached hydrogen (secondary N) is 1. The van der Waals surface area contributed by atoms with Crippen molar-refractivity contribution in [2.24, 2.45) is 0 Å². The van der Waals surface area contributed by atoms with Crippen LogP contribution in [0.4, 0.5) is 0 Å². The number of aromatic nitrogens is 3. The van der Waals surface area contributed by atoms with Gasteiger partial charge in [-0.25, -0.2) is 0 Å². The molecule has 0 saturated heterocycles. The van der Waals surface area contributed by atoms with Crippen LogP contribution in [0.3, 0.4) is 0 Å². The Kier molecular flexibility index (Phi) is 5.37. The lowest BCUT2D eigenvalue weighted by atomic mass is 10.3. The maximum absolute atomic E-state index is 12.2. The highest BCUT2D eigenvalue weighted by atomic mass is 32.2. The van der Waals surface area contributed by atoms with Gasteiger partial charge in [0.05, 0.1) is 18.1 Å². The highest BCUT2D eigenvalue weighted by Crippen LogP contribution is 2.24. The molecule has 1 N–H and O–H groups in total. The molecular formula is C16H18N4O2S2. The first-order chi connectivity index (χ1) is 11.7. The maximum Gasteiger partial charge on any atom is 0.230 e. The van der Waals surface area contributed by atoms with Crippen molar-refractivity contribution in [2.45, 2.75) is 31.6 Å². The van der Waals surface area contributed by atoms with Gasteiger partial charge in [-0.15, -0.1) is 21.5 Å². The molecule has 6 nitrogen and oxygen atoms in total. The number of thiophene rings is 1. The van der Waals surface area contributed by atoms with Crippen LogP contribution in [0, 0.1) is 0 Å². The predicted molar refractivity (Wildman–Crippen MR) is 95.0 cm³/mol. The minimum atomic E-state index is -0.0221. The second-order valence-electron chi connectivity index (χ2n) is 5.12. The molecule has 3 rings (SSSR count). The fourth-order valence-electron chi connectivity index (χ4n) is 2.29. The Morgan fingerprint density at radius 1 is 1.42 bits per heavy atom. The SMILES string of the molecule is CCn1c(SCC(=O)NC(C)c2cccs2)nnc1-c1ccco1. The Bertz CT molecular complexity index is 781. The molecule has 0 aliphatic heterocycles. The van der Waals surface area contributed by atoms with Crippen molar-refractivity contribution in [3.05, 3.63) is 40.8 Å². The lowest BCUT2D eigenvalue weighted by Crippen LogP contribution is -2.27. The molecular weight excluding hydrogens is 344 g/mol. The van der Waals surface area contributed by atoms with Gasteiger partial charge in [-0.2, -0.15) is 0 Å². The molecule has 1 atom stereocenters. The van der Waals surface area contributed by atoms with Crippen LogP contribution < -0.4 is 5.32 Å². The van der Waals surface area contributed by atoms with Crippen LogP contribution in [0.1, 0.15) is 24.8 Å². The standard InChI is InChI=1S/C16H18N4O2S2/c1-3-20-15(12-6-4-8-22-12)18-19-16(20)24-10-14(21)17-11(2)13-7-5-9-23-13/h4-9,11H,3,10H2,1-2H3,(H,17,21). The summed E-state index contributed by atoms with van der Waals surface area (Å²) in [6.45, 7) is 4.70. The fraction of sp³-hybridized carbons (Fsp3) is 0.312. The van der Waals surface area contributed by atoms with E-state index in [1.807, 2.05) is 48.1 Å². The van der Waals surface area contributed by atoms with Crippen LogP contribution >= 0.6 is 23.1 Å². The number of thioether (sulfide) groups is 1. The number of hydrogen-bond donors (Lipinski definition) is 1. The van der Waals surface area contributed by atoms with E-state index < -0.39 is 0 Å². The van der Waals surface area contributed by atoms with E-state index in [2.05, 4.69) is 15.5 Å². The first kappa shape index (κ1) is 16.8. The third-order valence-corrected chi connectivity index (χ3v) is 5.48. The zero-order valence-corrected chi connectivity index (χ0v) is 15.1. The summed E-state index contributed by atoms with van der Waals surface area (Å²) < 4.78 is 7.33. The average molecular weight is 362 g/mol. The molecule has 1 amide bonds. The smallest absolute Gasteiger partial charge is 0.230 e. The van der Waals surface area contributed by atoms with Crippen LogP contribution in [0.15, 0.2) is 45.5 Å². The van der Waals surface area contributed by atoms with Gasteiger partial charge in [-0.3, -0.25) is 9.36 Å². The summed E-state index contributed by atoms with van der Waals surface area (Å²) in [5.41, 5.74) is 0. The van der Waals surface area contributed by atoms with Crippen molar-refractivity contribution in [3.8, 4) is 11.6 Å². The fourth-order valence-corrected chi connectivity index (χ4v) is 3.84. The van der Waals surface area contributed by atoms with Crippen LogP contribution in [-0.4, -0.2) is 26.4 Å². The Balaban J connectivity index is 1.61. The van der Waals surface area contributed by atoms with E-state index in [4.69, 9.17) is 4.42 Å². The van der Waals surface area contributed by atoms with Gasteiger partial charge in [0.2, 0.25) is 5.91 Å². The highest BCUT2D eigenvalue weighted by Gasteiger charge is 2.17. The monoisotopic (exact) mass is 362 g/mol.